The van der Waals surface area contributed by atoms with Crippen molar-refractivity contribution >= 4 is 24.8 Å². The smallest absolute Gasteiger partial charge is 0.256 e. The van der Waals surface area contributed by atoms with Gasteiger partial charge in [-0.2, -0.15) is 5.10 Å². The molecule has 0 aromatic carbocycles. The minimum atomic E-state index is -2.50. The van der Waals surface area contributed by atoms with Crippen LogP contribution in [0.1, 0.15) is 17.9 Å². The average molecular weight is 260 g/mol. The monoisotopic (exact) mass is 259 g/mol. The lowest BCUT2D eigenvalue weighted by molar-refractivity contribution is 0.112. The number of rotatable bonds is 3. The minimum Gasteiger partial charge on any atom is -0.329 e. The molecule has 1 aromatic rings. The van der Waals surface area contributed by atoms with Crippen LogP contribution in [0.3, 0.4) is 0 Å². The van der Waals surface area contributed by atoms with Gasteiger partial charge in [-0.3, -0.25) is 4.68 Å². The third-order valence-electron chi connectivity index (χ3n) is 2.24. The summed E-state index contributed by atoms with van der Waals surface area (Å²) in [5.41, 5.74) is 5.93. The lowest BCUT2D eigenvalue weighted by Gasteiger charge is -1.95. The highest BCUT2D eigenvalue weighted by atomic mass is 35.5. The molecule has 2 rings (SSSR count). The van der Waals surface area contributed by atoms with Gasteiger partial charge < -0.3 is 5.73 Å². The quantitative estimate of drug-likeness (QED) is 0.900. The first-order valence-electron chi connectivity index (χ1n) is 4.24. The minimum absolute atomic E-state index is 0. The normalized spacial score (nSPS) is 21.4. The van der Waals surface area contributed by atoms with Crippen LogP contribution in [0.15, 0.2) is 12.4 Å². The molecule has 0 spiro atoms. The molecular weight excluding hydrogens is 247 g/mol. The van der Waals surface area contributed by atoms with Crippen LogP contribution in [0.5, 0.6) is 0 Å². The summed E-state index contributed by atoms with van der Waals surface area (Å²) in [6.45, 7) is 1.06. The predicted molar refractivity (Wildman–Crippen MR) is 58.1 cm³/mol. The Morgan fingerprint density at radius 1 is 1.53 bits per heavy atom. The molecule has 1 aromatic heterocycles. The van der Waals surface area contributed by atoms with Gasteiger partial charge in [0.15, 0.2) is 0 Å². The van der Waals surface area contributed by atoms with E-state index in [2.05, 4.69) is 5.10 Å². The number of nitrogens with zero attached hydrogens (tertiary/aromatic N) is 2. The summed E-state index contributed by atoms with van der Waals surface area (Å²) in [4.78, 5) is 0. The van der Waals surface area contributed by atoms with Gasteiger partial charge in [0.1, 0.15) is 0 Å². The second-order valence-corrected chi connectivity index (χ2v) is 3.34. The number of nitrogens with two attached hydrogens (primary N) is 1. The fourth-order valence-electron chi connectivity index (χ4n) is 1.39. The molecule has 3 nitrogen and oxygen atoms in total. The fraction of sp³-hybridized carbons (Fsp3) is 0.625. The zero-order valence-corrected chi connectivity index (χ0v) is 9.53. The van der Waals surface area contributed by atoms with Crippen LogP contribution in [-0.4, -0.2) is 22.2 Å². The van der Waals surface area contributed by atoms with Crippen LogP contribution in [0, 0.1) is 0 Å². The van der Waals surface area contributed by atoms with Crippen LogP contribution in [0.2, 0.25) is 0 Å². The van der Waals surface area contributed by atoms with Gasteiger partial charge in [-0.05, 0) is 5.56 Å². The summed E-state index contributed by atoms with van der Waals surface area (Å²) in [6, 6.07) is 0. The van der Waals surface area contributed by atoms with E-state index in [1.807, 2.05) is 0 Å². The molecule has 0 saturated heterocycles. The highest BCUT2D eigenvalue weighted by Gasteiger charge is 2.58. The van der Waals surface area contributed by atoms with Gasteiger partial charge in [0.2, 0.25) is 0 Å². The molecule has 15 heavy (non-hydrogen) atoms. The van der Waals surface area contributed by atoms with E-state index in [0.717, 1.165) is 0 Å². The second kappa shape index (κ2) is 5.09. The zero-order valence-electron chi connectivity index (χ0n) is 7.90. The molecule has 1 unspecified atom stereocenters. The van der Waals surface area contributed by atoms with E-state index in [9.17, 15) is 8.78 Å². The van der Waals surface area contributed by atoms with E-state index in [4.69, 9.17) is 5.73 Å². The lowest BCUT2D eigenvalue weighted by Crippen LogP contribution is -2.09. The highest BCUT2D eigenvalue weighted by molar-refractivity contribution is 5.85. The van der Waals surface area contributed by atoms with Crippen molar-refractivity contribution in [3.05, 3.63) is 18.0 Å². The average Bonchev–Trinajstić information content (AvgIpc) is 2.52. The Morgan fingerprint density at radius 3 is 2.60 bits per heavy atom. The topological polar surface area (TPSA) is 43.8 Å². The van der Waals surface area contributed by atoms with Crippen molar-refractivity contribution in [1.82, 2.24) is 9.78 Å². The highest BCUT2D eigenvalue weighted by Crippen LogP contribution is 2.55. The fourth-order valence-corrected chi connectivity index (χ4v) is 1.39. The molecular formula is C8H13Cl2F2N3. The molecule has 1 atom stereocenters. The first kappa shape index (κ1) is 14.6. The number of hydrogen-bond donors (Lipinski definition) is 1. The summed E-state index contributed by atoms with van der Waals surface area (Å²) in [7, 11) is 0. The SMILES string of the molecule is Cl.Cl.NCCn1cc(C2CC2(F)F)cn1. The van der Waals surface area contributed by atoms with E-state index in [-0.39, 0.29) is 31.2 Å². The van der Waals surface area contributed by atoms with Crippen molar-refractivity contribution in [3.63, 3.8) is 0 Å². The van der Waals surface area contributed by atoms with Gasteiger partial charge in [0, 0.05) is 19.2 Å². The van der Waals surface area contributed by atoms with Crippen LogP contribution < -0.4 is 5.73 Å². The molecule has 1 aliphatic carbocycles. The summed E-state index contributed by atoms with van der Waals surface area (Å²) >= 11 is 0. The lowest BCUT2D eigenvalue weighted by atomic mass is 10.2. The van der Waals surface area contributed by atoms with Crippen LogP contribution in [-0.2, 0) is 6.54 Å². The summed E-state index contributed by atoms with van der Waals surface area (Å²) in [6.07, 6.45) is 3.11. The van der Waals surface area contributed by atoms with Crippen molar-refractivity contribution in [1.29, 1.82) is 0 Å². The standard InChI is InChI=1S/C8H11F2N3.2ClH/c9-8(10)3-7(8)6-4-12-13(5-6)2-1-11;;/h4-5,7H,1-3,11H2;2*1H. The molecule has 1 aliphatic rings. The molecule has 0 bridgehead atoms. The molecule has 1 saturated carbocycles. The Bertz CT molecular complexity index is 317. The van der Waals surface area contributed by atoms with Crippen LogP contribution in [0.4, 0.5) is 8.78 Å². The van der Waals surface area contributed by atoms with Crippen molar-refractivity contribution in [3.8, 4) is 0 Å². The summed E-state index contributed by atoms with van der Waals surface area (Å²) in [5.74, 6) is -3.12. The number of aromatic nitrogens is 2. The molecule has 88 valence electrons. The van der Waals surface area contributed by atoms with E-state index < -0.39 is 11.8 Å². The van der Waals surface area contributed by atoms with Gasteiger partial charge in [-0.15, -0.1) is 24.8 Å². The largest absolute Gasteiger partial charge is 0.329 e. The van der Waals surface area contributed by atoms with Gasteiger partial charge >= 0.3 is 0 Å². The van der Waals surface area contributed by atoms with E-state index >= 15 is 0 Å². The van der Waals surface area contributed by atoms with Gasteiger partial charge in [0.05, 0.1) is 18.7 Å². The second-order valence-electron chi connectivity index (χ2n) is 3.34. The number of halogens is 4. The van der Waals surface area contributed by atoms with Gasteiger partial charge in [-0.1, -0.05) is 0 Å². The van der Waals surface area contributed by atoms with E-state index in [1.54, 1.807) is 10.9 Å². The maximum absolute atomic E-state index is 12.6. The Balaban J connectivity index is 0.000000980. The maximum atomic E-state index is 12.6. The summed E-state index contributed by atoms with van der Waals surface area (Å²) in [5, 5.41) is 3.94. The van der Waals surface area contributed by atoms with Crippen molar-refractivity contribution in [2.24, 2.45) is 5.73 Å². The Kier molecular flexibility index (Phi) is 4.96. The summed E-state index contributed by atoms with van der Waals surface area (Å²) < 4.78 is 26.8. The van der Waals surface area contributed by atoms with E-state index in [1.165, 1.54) is 6.20 Å². The number of alkyl halides is 2. The molecule has 7 heteroatoms. The van der Waals surface area contributed by atoms with Crippen molar-refractivity contribution < 1.29 is 8.78 Å². The molecule has 0 amide bonds. The third-order valence-corrected chi connectivity index (χ3v) is 2.24. The van der Waals surface area contributed by atoms with E-state index in [0.29, 0.717) is 18.7 Å². The Morgan fingerprint density at radius 2 is 2.13 bits per heavy atom. The Hall–Kier alpha value is -0.390. The molecule has 1 heterocycles. The Labute approximate surface area is 98.8 Å². The first-order chi connectivity index (χ1) is 6.13. The molecule has 0 aliphatic heterocycles. The first-order valence-corrected chi connectivity index (χ1v) is 4.24. The zero-order chi connectivity index (χ0) is 9.47. The van der Waals surface area contributed by atoms with Gasteiger partial charge in [0.25, 0.3) is 5.92 Å². The van der Waals surface area contributed by atoms with Gasteiger partial charge in [-0.25, -0.2) is 8.78 Å². The number of hydrogen-bond acceptors (Lipinski definition) is 2. The van der Waals surface area contributed by atoms with Crippen LogP contribution >= 0.6 is 24.8 Å². The molecule has 0 radical (unpaired) electrons. The maximum Gasteiger partial charge on any atom is 0.256 e. The third kappa shape index (κ3) is 3.03. The molecule has 1 fully saturated rings. The predicted octanol–water partition coefficient (Wildman–Crippen LogP) is 1.81. The van der Waals surface area contributed by atoms with Crippen molar-refractivity contribution in [2.75, 3.05) is 6.54 Å². The van der Waals surface area contributed by atoms with Crippen molar-refractivity contribution in [2.45, 2.75) is 24.8 Å². The van der Waals surface area contributed by atoms with Crippen LogP contribution in [0.25, 0.3) is 0 Å². The molecule has 2 N–H and O–H groups in total.